The van der Waals surface area contributed by atoms with Crippen LogP contribution >= 0.6 is 0 Å². The zero-order valence-electron chi connectivity index (χ0n) is 7.14. The molecule has 0 aliphatic carbocycles. The van der Waals surface area contributed by atoms with Gasteiger partial charge >= 0.3 is 5.97 Å². The van der Waals surface area contributed by atoms with Crippen LogP contribution in [0, 0.1) is 0 Å². The van der Waals surface area contributed by atoms with Crippen molar-refractivity contribution in [2.45, 2.75) is 19.4 Å². The average Bonchev–Trinajstić information content (AvgIpc) is 2.52. The summed E-state index contributed by atoms with van der Waals surface area (Å²) in [7, 11) is 0. The van der Waals surface area contributed by atoms with E-state index in [2.05, 4.69) is 10.1 Å². The summed E-state index contributed by atoms with van der Waals surface area (Å²) in [6.07, 6.45) is 1.23. The van der Waals surface area contributed by atoms with Crippen LogP contribution in [-0.4, -0.2) is 32.5 Å². The third-order valence-corrected chi connectivity index (χ3v) is 1.70. The molecular formula is C7H10FN3O2. The molecule has 0 saturated heterocycles. The molecule has 1 rings (SSSR count). The van der Waals surface area contributed by atoms with Gasteiger partial charge in [0, 0.05) is 0 Å². The first-order valence-corrected chi connectivity index (χ1v) is 3.83. The minimum Gasteiger partial charge on any atom is -0.481 e. The number of aromatic nitrogens is 3. The topological polar surface area (TPSA) is 68.0 Å². The quantitative estimate of drug-likeness (QED) is 0.742. The van der Waals surface area contributed by atoms with Crippen molar-refractivity contribution in [3.8, 4) is 0 Å². The van der Waals surface area contributed by atoms with E-state index in [1.54, 1.807) is 0 Å². The third kappa shape index (κ3) is 2.01. The van der Waals surface area contributed by atoms with Crippen molar-refractivity contribution < 1.29 is 14.3 Å². The first-order valence-electron chi connectivity index (χ1n) is 3.83. The van der Waals surface area contributed by atoms with Crippen LogP contribution in [0.4, 0.5) is 4.39 Å². The molecule has 6 heteroatoms. The molecule has 5 nitrogen and oxygen atoms in total. The summed E-state index contributed by atoms with van der Waals surface area (Å²) in [5.41, 5.74) is 0. The second-order valence-corrected chi connectivity index (χ2v) is 2.59. The number of aryl methyl sites for hydroxylation is 1. The Hall–Kier alpha value is -1.46. The highest BCUT2D eigenvalue weighted by molar-refractivity contribution is 5.74. The van der Waals surface area contributed by atoms with Crippen molar-refractivity contribution in [1.82, 2.24) is 14.8 Å². The fourth-order valence-corrected chi connectivity index (χ4v) is 0.971. The lowest BCUT2D eigenvalue weighted by atomic mass is 10.2. The Labute approximate surface area is 74.2 Å². The maximum Gasteiger partial charge on any atom is 0.313 e. The van der Waals surface area contributed by atoms with Crippen LogP contribution in [0.3, 0.4) is 0 Å². The van der Waals surface area contributed by atoms with Gasteiger partial charge in [-0.2, -0.15) is 5.10 Å². The standard InChI is InChI=1S/C7H10FN3O2/c1-5(7(12)13)6-9-4-10-11(6)3-2-8/h4-5H,2-3H2,1H3,(H,12,13). The number of nitrogens with zero attached hydrogens (tertiary/aromatic N) is 3. The SMILES string of the molecule is CC(C(=O)O)c1ncnn1CCF. The Bertz CT molecular complexity index is 300. The molecule has 0 spiro atoms. The monoisotopic (exact) mass is 187 g/mol. The predicted octanol–water partition coefficient (Wildman–Crippen LogP) is 0.436. The number of carboxylic acid groups (broad SMARTS) is 1. The molecule has 1 aromatic rings. The number of carboxylic acids is 1. The number of hydrogen-bond acceptors (Lipinski definition) is 3. The molecule has 0 bridgehead atoms. The molecule has 1 heterocycles. The van der Waals surface area contributed by atoms with Crippen LogP contribution in [0.2, 0.25) is 0 Å². The molecule has 0 radical (unpaired) electrons. The molecule has 13 heavy (non-hydrogen) atoms. The van der Waals surface area contributed by atoms with E-state index in [-0.39, 0.29) is 12.4 Å². The molecule has 1 unspecified atom stereocenters. The second kappa shape index (κ2) is 3.97. The minimum absolute atomic E-state index is 0.0486. The maximum atomic E-state index is 12.0. The van der Waals surface area contributed by atoms with Crippen LogP contribution in [0.5, 0.6) is 0 Å². The number of carbonyl (C=O) groups is 1. The van der Waals surface area contributed by atoms with Gasteiger partial charge in [0.05, 0.1) is 6.54 Å². The van der Waals surface area contributed by atoms with Gasteiger partial charge in [-0.05, 0) is 6.92 Å². The molecular weight excluding hydrogens is 177 g/mol. The Morgan fingerprint density at radius 1 is 1.85 bits per heavy atom. The second-order valence-electron chi connectivity index (χ2n) is 2.59. The fourth-order valence-electron chi connectivity index (χ4n) is 0.971. The van der Waals surface area contributed by atoms with Crippen LogP contribution < -0.4 is 0 Å². The molecule has 0 fully saturated rings. The molecule has 0 aliphatic heterocycles. The zero-order chi connectivity index (χ0) is 9.84. The van der Waals surface area contributed by atoms with E-state index < -0.39 is 18.6 Å². The third-order valence-electron chi connectivity index (χ3n) is 1.70. The van der Waals surface area contributed by atoms with Crippen molar-refractivity contribution in [2.75, 3.05) is 6.67 Å². The van der Waals surface area contributed by atoms with Gasteiger partial charge in [-0.1, -0.05) is 0 Å². The lowest BCUT2D eigenvalue weighted by Gasteiger charge is -2.06. The molecule has 0 aliphatic rings. The minimum atomic E-state index is -0.992. The lowest BCUT2D eigenvalue weighted by molar-refractivity contribution is -0.138. The van der Waals surface area contributed by atoms with E-state index in [4.69, 9.17) is 5.11 Å². The van der Waals surface area contributed by atoms with Gasteiger partial charge in [0.2, 0.25) is 0 Å². The predicted molar refractivity (Wildman–Crippen MR) is 42.0 cm³/mol. The van der Waals surface area contributed by atoms with Crippen molar-refractivity contribution in [2.24, 2.45) is 0 Å². The first kappa shape index (κ1) is 9.63. The molecule has 1 aromatic heterocycles. The van der Waals surface area contributed by atoms with Gasteiger partial charge in [-0.25, -0.2) is 14.1 Å². The summed E-state index contributed by atoms with van der Waals surface area (Å²) in [6, 6.07) is 0. The van der Waals surface area contributed by atoms with Gasteiger partial charge in [-0.15, -0.1) is 0 Å². The Balaban J connectivity index is 2.86. The Kier molecular flexibility index (Phi) is 2.94. The summed E-state index contributed by atoms with van der Waals surface area (Å²) >= 11 is 0. The molecule has 0 amide bonds. The normalized spacial score (nSPS) is 12.8. The first-order chi connectivity index (χ1) is 6.16. The molecule has 0 aromatic carbocycles. The fraction of sp³-hybridized carbons (Fsp3) is 0.571. The van der Waals surface area contributed by atoms with E-state index >= 15 is 0 Å². The average molecular weight is 187 g/mol. The van der Waals surface area contributed by atoms with Gasteiger partial charge in [0.1, 0.15) is 24.7 Å². The van der Waals surface area contributed by atoms with Crippen LogP contribution in [0.15, 0.2) is 6.33 Å². The van der Waals surface area contributed by atoms with Crippen molar-refractivity contribution in [3.63, 3.8) is 0 Å². The highest BCUT2D eigenvalue weighted by Gasteiger charge is 2.19. The van der Waals surface area contributed by atoms with Crippen molar-refractivity contribution in [3.05, 3.63) is 12.2 Å². The van der Waals surface area contributed by atoms with Gasteiger partial charge < -0.3 is 5.11 Å². The van der Waals surface area contributed by atoms with Crippen molar-refractivity contribution in [1.29, 1.82) is 0 Å². The number of halogens is 1. The largest absolute Gasteiger partial charge is 0.481 e. The highest BCUT2D eigenvalue weighted by Crippen LogP contribution is 2.11. The highest BCUT2D eigenvalue weighted by atomic mass is 19.1. The van der Waals surface area contributed by atoms with Crippen LogP contribution in [-0.2, 0) is 11.3 Å². The zero-order valence-corrected chi connectivity index (χ0v) is 7.14. The summed E-state index contributed by atoms with van der Waals surface area (Å²) in [5.74, 6) is -1.47. The summed E-state index contributed by atoms with van der Waals surface area (Å²) in [6.45, 7) is 0.955. The van der Waals surface area contributed by atoms with E-state index in [9.17, 15) is 9.18 Å². The summed E-state index contributed by atoms with van der Waals surface area (Å²) in [5, 5.41) is 12.4. The van der Waals surface area contributed by atoms with E-state index in [1.165, 1.54) is 17.9 Å². The van der Waals surface area contributed by atoms with E-state index in [0.29, 0.717) is 0 Å². The van der Waals surface area contributed by atoms with E-state index in [0.717, 1.165) is 0 Å². The maximum absolute atomic E-state index is 12.0. The summed E-state index contributed by atoms with van der Waals surface area (Å²) < 4.78 is 13.2. The smallest absolute Gasteiger partial charge is 0.313 e. The number of rotatable bonds is 4. The molecule has 72 valence electrons. The number of aliphatic carboxylic acids is 1. The molecule has 1 N–H and O–H groups in total. The molecule has 0 saturated carbocycles. The van der Waals surface area contributed by atoms with Gasteiger partial charge in [0.15, 0.2) is 0 Å². The number of hydrogen-bond donors (Lipinski definition) is 1. The van der Waals surface area contributed by atoms with E-state index in [1.807, 2.05) is 0 Å². The van der Waals surface area contributed by atoms with Gasteiger partial charge in [0.25, 0.3) is 0 Å². The lowest BCUT2D eigenvalue weighted by Crippen LogP contribution is -2.16. The molecule has 1 atom stereocenters. The van der Waals surface area contributed by atoms with Crippen LogP contribution in [0.25, 0.3) is 0 Å². The van der Waals surface area contributed by atoms with Crippen molar-refractivity contribution >= 4 is 5.97 Å². The Morgan fingerprint density at radius 2 is 2.54 bits per heavy atom. The van der Waals surface area contributed by atoms with Crippen LogP contribution in [0.1, 0.15) is 18.7 Å². The van der Waals surface area contributed by atoms with Gasteiger partial charge in [-0.3, -0.25) is 4.79 Å². The Morgan fingerprint density at radius 3 is 3.08 bits per heavy atom. The summed E-state index contributed by atoms with van der Waals surface area (Å²) in [4.78, 5) is 14.3. The number of alkyl halides is 1.